The molecule has 2 heterocycles. The largest absolute Gasteiger partial charge is 0.466 e. The molecule has 0 N–H and O–H groups in total. The van der Waals surface area contributed by atoms with Gasteiger partial charge in [-0.05, 0) is 38.1 Å². The number of aryl methyl sites for hydroxylation is 1. The maximum Gasteiger partial charge on any atom is 0.307 e. The normalized spacial score (nSPS) is 18.4. The molecule has 0 radical (unpaired) electrons. The number of carbonyl (C=O) groups is 1. The van der Waals surface area contributed by atoms with Crippen LogP contribution >= 0.6 is 0 Å². The van der Waals surface area contributed by atoms with Crippen molar-refractivity contribution in [1.82, 2.24) is 14.8 Å². The molecule has 1 unspecified atom stereocenters. The molecule has 1 aromatic heterocycles. The van der Waals surface area contributed by atoms with Crippen LogP contribution in [0.1, 0.15) is 30.5 Å². The smallest absolute Gasteiger partial charge is 0.307 e. The molecule has 1 saturated heterocycles. The van der Waals surface area contributed by atoms with Crippen molar-refractivity contribution in [3.8, 4) is 0 Å². The Morgan fingerprint density at radius 1 is 1.38 bits per heavy atom. The zero-order valence-electron chi connectivity index (χ0n) is 13.2. The van der Waals surface area contributed by atoms with Crippen molar-refractivity contribution in [1.29, 1.82) is 0 Å². The van der Waals surface area contributed by atoms with Crippen molar-refractivity contribution >= 4 is 5.97 Å². The van der Waals surface area contributed by atoms with Crippen molar-refractivity contribution in [2.24, 2.45) is 0 Å². The van der Waals surface area contributed by atoms with Gasteiger partial charge in [-0.15, -0.1) is 0 Å². The van der Waals surface area contributed by atoms with E-state index in [1.165, 1.54) is 5.56 Å². The summed E-state index contributed by atoms with van der Waals surface area (Å²) in [7, 11) is 2.13. The monoisotopic (exact) mass is 291 g/mol. The topological polar surface area (TPSA) is 45.7 Å². The van der Waals surface area contributed by atoms with Gasteiger partial charge in [0.15, 0.2) is 0 Å². The second-order valence-corrected chi connectivity index (χ2v) is 5.60. The van der Waals surface area contributed by atoms with E-state index in [9.17, 15) is 4.79 Å². The van der Waals surface area contributed by atoms with Crippen molar-refractivity contribution in [3.63, 3.8) is 0 Å². The second kappa shape index (κ2) is 7.52. The van der Waals surface area contributed by atoms with Crippen molar-refractivity contribution in [2.75, 3.05) is 39.8 Å². The van der Waals surface area contributed by atoms with Gasteiger partial charge in [0.05, 0.1) is 13.0 Å². The fourth-order valence-electron chi connectivity index (χ4n) is 2.77. The fourth-order valence-corrected chi connectivity index (χ4v) is 2.77. The lowest BCUT2D eigenvalue weighted by Crippen LogP contribution is -2.46. The maximum atomic E-state index is 12.0. The summed E-state index contributed by atoms with van der Waals surface area (Å²) in [6.07, 6.45) is 4.08. The molecule has 116 valence electrons. The number of likely N-dealkylation sites (N-methyl/N-ethyl adjacent to an activating group) is 1. The molecule has 1 aliphatic rings. The summed E-state index contributed by atoms with van der Waals surface area (Å²) in [5, 5.41) is 0. The summed E-state index contributed by atoms with van der Waals surface area (Å²) in [5.74, 6) is -0.135. The molecule has 0 bridgehead atoms. The van der Waals surface area contributed by atoms with Crippen LogP contribution in [0, 0.1) is 6.92 Å². The van der Waals surface area contributed by atoms with Crippen molar-refractivity contribution < 1.29 is 9.53 Å². The van der Waals surface area contributed by atoms with E-state index >= 15 is 0 Å². The number of hydrogen-bond acceptors (Lipinski definition) is 5. The summed E-state index contributed by atoms with van der Waals surface area (Å²) in [4.78, 5) is 20.9. The van der Waals surface area contributed by atoms with Crippen molar-refractivity contribution in [2.45, 2.75) is 26.3 Å². The third kappa shape index (κ3) is 4.25. The van der Waals surface area contributed by atoms with Gasteiger partial charge in [0, 0.05) is 44.6 Å². The van der Waals surface area contributed by atoms with E-state index in [0.29, 0.717) is 13.0 Å². The number of hydrogen-bond donors (Lipinski definition) is 0. The highest BCUT2D eigenvalue weighted by atomic mass is 16.5. The molecule has 2 rings (SSSR count). The number of aromatic nitrogens is 1. The molecule has 5 heteroatoms. The summed E-state index contributed by atoms with van der Waals surface area (Å²) in [6, 6.07) is 2.07. The van der Waals surface area contributed by atoms with E-state index < -0.39 is 0 Å². The Hall–Kier alpha value is -1.46. The van der Waals surface area contributed by atoms with Gasteiger partial charge in [-0.25, -0.2) is 0 Å². The maximum absolute atomic E-state index is 12.0. The van der Waals surface area contributed by atoms with Gasteiger partial charge < -0.3 is 9.64 Å². The Balaban J connectivity index is 2.18. The quantitative estimate of drug-likeness (QED) is 0.772. The van der Waals surface area contributed by atoms with Crippen LogP contribution in [-0.2, 0) is 9.53 Å². The van der Waals surface area contributed by atoms with E-state index in [0.717, 1.165) is 31.7 Å². The number of piperazine rings is 1. The lowest BCUT2D eigenvalue weighted by Gasteiger charge is -2.38. The van der Waals surface area contributed by atoms with Gasteiger partial charge in [0.25, 0.3) is 0 Å². The molecule has 0 amide bonds. The zero-order chi connectivity index (χ0) is 15.2. The molecular formula is C16H25N3O2. The van der Waals surface area contributed by atoms with Crippen LogP contribution in [0.25, 0.3) is 0 Å². The lowest BCUT2D eigenvalue weighted by atomic mass is 9.98. The number of esters is 1. The number of rotatable bonds is 5. The molecular weight excluding hydrogens is 266 g/mol. The van der Waals surface area contributed by atoms with Crippen LogP contribution in [0.4, 0.5) is 0 Å². The van der Waals surface area contributed by atoms with Crippen molar-refractivity contribution in [3.05, 3.63) is 29.6 Å². The lowest BCUT2D eigenvalue weighted by molar-refractivity contribution is -0.144. The van der Waals surface area contributed by atoms with E-state index in [-0.39, 0.29) is 12.0 Å². The molecule has 1 atom stereocenters. The van der Waals surface area contributed by atoms with Crippen LogP contribution in [-0.4, -0.2) is 60.6 Å². The first-order valence-electron chi connectivity index (χ1n) is 7.60. The third-order valence-electron chi connectivity index (χ3n) is 4.08. The first kappa shape index (κ1) is 15.9. The molecule has 1 aromatic rings. The molecule has 0 saturated carbocycles. The molecule has 0 aromatic carbocycles. The second-order valence-electron chi connectivity index (χ2n) is 5.60. The number of carbonyl (C=O) groups excluding carboxylic acids is 1. The Kier molecular flexibility index (Phi) is 5.70. The highest BCUT2D eigenvalue weighted by Gasteiger charge is 2.27. The highest BCUT2D eigenvalue weighted by molar-refractivity contribution is 5.70. The number of pyridine rings is 1. The number of nitrogens with zero attached hydrogens (tertiary/aromatic N) is 3. The summed E-state index contributed by atoms with van der Waals surface area (Å²) < 4.78 is 5.15. The first-order chi connectivity index (χ1) is 10.1. The molecule has 5 nitrogen and oxygen atoms in total. The summed E-state index contributed by atoms with van der Waals surface area (Å²) in [6.45, 7) is 8.34. The molecule has 0 aliphatic carbocycles. The van der Waals surface area contributed by atoms with Crippen LogP contribution in [0.5, 0.6) is 0 Å². The Morgan fingerprint density at radius 2 is 2.10 bits per heavy atom. The van der Waals surface area contributed by atoms with Crippen LogP contribution in [0.2, 0.25) is 0 Å². The van der Waals surface area contributed by atoms with E-state index in [2.05, 4.69) is 28.8 Å². The Morgan fingerprint density at radius 3 is 2.71 bits per heavy atom. The van der Waals surface area contributed by atoms with Gasteiger partial charge >= 0.3 is 5.97 Å². The Labute approximate surface area is 126 Å². The average molecular weight is 291 g/mol. The van der Waals surface area contributed by atoms with E-state index in [4.69, 9.17) is 4.74 Å². The predicted octanol–water partition coefficient (Wildman–Crippen LogP) is 1.63. The minimum Gasteiger partial charge on any atom is -0.466 e. The third-order valence-corrected chi connectivity index (χ3v) is 4.08. The fraction of sp³-hybridized carbons (Fsp3) is 0.625. The highest BCUT2D eigenvalue weighted by Crippen LogP contribution is 2.27. The standard InChI is InChI=1S/C16H25N3O2/c1-4-21-16(20)11-15(14-12-17-6-5-13(14)2)19-9-7-18(3)8-10-19/h5-6,12,15H,4,7-11H2,1-3H3. The molecule has 1 aliphatic heterocycles. The molecule has 1 fully saturated rings. The summed E-state index contributed by atoms with van der Waals surface area (Å²) in [5.41, 5.74) is 2.31. The minimum absolute atomic E-state index is 0.0615. The van der Waals surface area contributed by atoms with Gasteiger partial charge in [-0.1, -0.05) is 0 Å². The zero-order valence-corrected chi connectivity index (χ0v) is 13.2. The van der Waals surface area contributed by atoms with E-state index in [1.807, 2.05) is 19.2 Å². The van der Waals surface area contributed by atoms with Gasteiger partial charge in [-0.2, -0.15) is 0 Å². The first-order valence-corrected chi connectivity index (χ1v) is 7.60. The SMILES string of the molecule is CCOC(=O)CC(c1cnccc1C)N1CCN(C)CC1. The van der Waals surface area contributed by atoms with Crippen LogP contribution < -0.4 is 0 Å². The Bertz CT molecular complexity index is 470. The average Bonchev–Trinajstić information content (AvgIpc) is 2.47. The van der Waals surface area contributed by atoms with Gasteiger partial charge in [0.1, 0.15) is 0 Å². The van der Waals surface area contributed by atoms with Gasteiger partial charge in [0.2, 0.25) is 0 Å². The van der Waals surface area contributed by atoms with Crippen LogP contribution in [0.15, 0.2) is 18.5 Å². The number of ether oxygens (including phenoxy) is 1. The minimum atomic E-state index is -0.135. The van der Waals surface area contributed by atoms with Gasteiger partial charge in [-0.3, -0.25) is 14.7 Å². The molecule has 21 heavy (non-hydrogen) atoms. The molecule has 0 spiro atoms. The van der Waals surface area contributed by atoms with Crippen LogP contribution in [0.3, 0.4) is 0 Å². The predicted molar refractivity (Wildman–Crippen MR) is 82.0 cm³/mol. The van der Waals surface area contributed by atoms with E-state index in [1.54, 1.807) is 6.20 Å². The summed E-state index contributed by atoms with van der Waals surface area (Å²) >= 11 is 0.